The number of aromatic nitrogens is 2. The van der Waals surface area contributed by atoms with E-state index in [0.717, 1.165) is 42.0 Å². The van der Waals surface area contributed by atoms with Gasteiger partial charge in [-0.2, -0.15) is 0 Å². The summed E-state index contributed by atoms with van der Waals surface area (Å²) in [5.74, 6) is 1.13. The van der Waals surface area contributed by atoms with Gasteiger partial charge in [0.25, 0.3) is 0 Å². The SMILES string of the molecule is CC(=O)N1CCCN(c2ncncc2I)CC1. The van der Waals surface area contributed by atoms with Crippen molar-refractivity contribution < 1.29 is 4.79 Å². The maximum Gasteiger partial charge on any atom is 0.219 e. The third-order valence-electron chi connectivity index (χ3n) is 2.89. The zero-order chi connectivity index (χ0) is 12.3. The lowest BCUT2D eigenvalue weighted by Gasteiger charge is -2.22. The number of hydrogen-bond donors (Lipinski definition) is 0. The normalized spacial score (nSPS) is 16.8. The molecule has 5 nitrogen and oxygen atoms in total. The highest BCUT2D eigenvalue weighted by Crippen LogP contribution is 2.19. The van der Waals surface area contributed by atoms with E-state index < -0.39 is 0 Å². The molecule has 2 rings (SSSR count). The van der Waals surface area contributed by atoms with Gasteiger partial charge in [-0.3, -0.25) is 4.79 Å². The van der Waals surface area contributed by atoms with Crippen molar-refractivity contribution in [3.8, 4) is 0 Å². The Hall–Kier alpha value is -0.920. The van der Waals surface area contributed by atoms with Gasteiger partial charge in [0.2, 0.25) is 5.91 Å². The average molecular weight is 346 g/mol. The van der Waals surface area contributed by atoms with Crippen LogP contribution in [0.15, 0.2) is 12.5 Å². The molecule has 0 atom stereocenters. The van der Waals surface area contributed by atoms with E-state index in [0.29, 0.717) is 0 Å². The largest absolute Gasteiger partial charge is 0.354 e. The molecule has 0 N–H and O–H groups in total. The molecule has 1 saturated heterocycles. The van der Waals surface area contributed by atoms with Gasteiger partial charge in [0.15, 0.2) is 0 Å². The summed E-state index contributed by atoms with van der Waals surface area (Å²) in [5.41, 5.74) is 0. The standard InChI is InChI=1S/C11H15IN4O/c1-9(17)15-3-2-4-16(6-5-15)11-10(12)7-13-8-14-11/h7-8H,2-6H2,1H3. The smallest absolute Gasteiger partial charge is 0.219 e. The van der Waals surface area contributed by atoms with Crippen LogP contribution in [0.3, 0.4) is 0 Å². The van der Waals surface area contributed by atoms with Crippen LogP contribution in [0.2, 0.25) is 0 Å². The minimum atomic E-state index is 0.157. The first-order valence-corrected chi connectivity index (χ1v) is 6.72. The van der Waals surface area contributed by atoms with Crippen LogP contribution in [0.1, 0.15) is 13.3 Å². The van der Waals surface area contributed by atoms with Crippen molar-refractivity contribution in [3.63, 3.8) is 0 Å². The van der Waals surface area contributed by atoms with Gasteiger partial charge < -0.3 is 9.80 Å². The lowest BCUT2D eigenvalue weighted by Crippen LogP contribution is -2.34. The Morgan fingerprint density at radius 1 is 1.35 bits per heavy atom. The molecule has 17 heavy (non-hydrogen) atoms. The van der Waals surface area contributed by atoms with Crippen LogP contribution in [0.4, 0.5) is 5.82 Å². The summed E-state index contributed by atoms with van der Waals surface area (Å²) in [4.78, 5) is 23.8. The molecular weight excluding hydrogens is 331 g/mol. The average Bonchev–Trinajstić information content (AvgIpc) is 2.55. The Morgan fingerprint density at radius 2 is 2.18 bits per heavy atom. The number of anilines is 1. The van der Waals surface area contributed by atoms with Gasteiger partial charge in [-0.05, 0) is 29.0 Å². The van der Waals surface area contributed by atoms with E-state index in [1.54, 1.807) is 13.3 Å². The molecule has 1 aliphatic rings. The first-order chi connectivity index (χ1) is 8.18. The fourth-order valence-corrected chi connectivity index (χ4v) is 2.62. The Balaban J connectivity index is 2.09. The molecule has 0 aromatic carbocycles. The second-order valence-electron chi connectivity index (χ2n) is 4.04. The van der Waals surface area contributed by atoms with Gasteiger partial charge in [0.05, 0.1) is 3.57 Å². The zero-order valence-electron chi connectivity index (χ0n) is 9.77. The van der Waals surface area contributed by atoms with E-state index in [1.165, 1.54) is 0 Å². The minimum absolute atomic E-state index is 0.157. The molecule has 0 spiro atoms. The summed E-state index contributed by atoms with van der Waals surface area (Å²) in [7, 11) is 0. The summed E-state index contributed by atoms with van der Waals surface area (Å²) in [6.45, 7) is 5.02. The quantitative estimate of drug-likeness (QED) is 0.716. The zero-order valence-corrected chi connectivity index (χ0v) is 11.9. The second kappa shape index (κ2) is 5.61. The predicted octanol–water partition coefficient (Wildman–Crippen LogP) is 1.14. The lowest BCUT2D eigenvalue weighted by molar-refractivity contribution is -0.128. The van der Waals surface area contributed by atoms with E-state index in [9.17, 15) is 4.79 Å². The molecule has 1 aromatic heterocycles. The molecule has 0 aliphatic carbocycles. The number of amides is 1. The van der Waals surface area contributed by atoms with E-state index >= 15 is 0 Å². The minimum Gasteiger partial charge on any atom is -0.354 e. The monoisotopic (exact) mass is 346 g/mol. The second-order valence-corrected chi connectivity index (χ2v) is 5.20. The summed E-state index contributed by atoms with van der Waals surface area (Å²) in [6.07, 6.45) is 4.38. The molecule has 1 aromatic rings. The van der Waals surface area contributed by atoms with E-state index in [1.807, 2.05) is 11.1 Å². The highest BCUT2D eigenvalue weighted by Gasteiger charge is 2.18. The van der Waals surface area contributed by atoms with Crippen molar-refractivity contribution in [1.82, 2.24) is 14.9 Å². The van der Waals surface area contributed by atoms with Crippen molar-refractivity contribution in [3.05, 3.63) is 16.1 Å². The van der Waals surface area contributed by atoms with E-state index in [2.05, 4.69) is 37.5 Å². The highest BCUT2D eigenvalue weighted by molar-refractivity contribution is 14.1. The van der Waals surface area contributed by atoms with Crippen molar-refractivity contribution >= 4 is 34.3 Å². The molecule has 1 fully saturated rings. The van der Waals surface area contributed by atoms with Crippen molar-refractivity contribution in [2.45, 2.75) is 13.3 Å². The maximum absolute atomic E-state index is 11.3. The Labute approximate surface area is 114 Å². The van der Waals surface area contributed by atoms with Crippen LogP contribution < -0.4 is 4.90 Å². The highest BCUT2D eigenvalue weighted by atomic mass is 127. The molecule has 2 heterocycles. The number of carbonyl (C=O) groups is 1. The summed E-state index contributed by atoms with van der Waals surface area (Å²) in [6, 6.07) is 0. The first kappa shape index (κ1) is 12.5. The Bertz CT molecular complexity index is 412. The van der Waals surface area contributed by atoms with Crippen LogP contribution in [-0.2, 0) is 4.79 Å². The summed E-state index contributed by atoms with van der Waals surface area (Å²) in [5, 5.41) is 0. The van der Waals surface area contributed by atoms with Gasteiger partial charge in [-0.15, -0.1) is 0 Å². The number of nitrogens with zero attached hydrogens (tertiary/aromatic N) is 4. The van der Waals surface area contributed by atoms with E-state index in [-0.39, 0.29) is 5.91 Å². The maximum atomic E-state index is 11.3. The van der Waals surface area contributed by atoms with Crippen LogP contribution in [0, 0.1) is 3.57 Å². The summed E-state index contributed by atoms with van der Waals surface area (Å²) >= 11 is 2.25. The fourth-order valence-electron chi connectivity index (χ4n) is 1.98. The third-order valence-corrected chi connectivity index (χ3v) is 3.65. The van der Waals surface area contributed by atoms with Gasteiger partial charge in [0, 0.05) is 39.3 Å². The summed E-state index contributed by atoms with van der Waals surface area (Å²) < 4.78 is 1.06. The fraction of sp³-hybridized carbons (Fsp3) is 0.545. The molecule has 0 saturated carbocycles. The topological polar surface area (TPSA) is 49.3 Å². The van der Waals surface area contributed by atoms with Crippen molar-refractivity contribution in [2.24, 2.45) is 0 Å². The molecule has 6 heteroatoms. The molecule has 0 radical (unpaired) electrons. The number of rotatable bonds is 1. The van der Waals surface area contributed by atoms with Crippen molar-refractivity contribution in [2.75, 3.05) is 31.1 Å². The number of carbonyl (C=O) groups excluding carboxylic acids is 1. The van der Waals surface area contributed by atoms with Crippen LogP contribution in [0.5, 0.6) is 0 Å². The molecule has 0 unspecified atom stereocenters. The Morgan fingerprint density at radius 3 is 2.88 bits per heavy atom. The van der Waals surface area contributed by atoms with Crippen LogP contribution >= 0.6 is 22.6 Å². The number of halogens is 1. The predicted molar refractivity (Wildman–Crippen MR) is 73.8 cm³/mol. The van der Waals surface area contributed by atoms with Gasteiger partial charge in [-0.25, -0.2) is 9.97 Å². The van der Waals surface area contributed by atoms with Gasteiger partial charge >= 0.3 is 0 Å². The molecule has 92 valence electrons. The molecule has 1 amide bonds. The van der Waals surface area contributed by atoms with Gasteiger partial charge in [-0.1, -0.05) is 0 Å². The number of hydrogen-bond acceptors (Lipinski definition) is 4. The van der Waals surface area contributed by atoms with Gasteiger partial charge in [0.1, 0.15) is 12.1 Å². The molecule has 1 aliphatic heterocycles. The first-order valence-electron chi connectivity index (χ1n) is 5.64. The molecular formula is C11H15IN4O. The lowest BCUT2D eigenvalue weighted by atomic mass is 10.4. The van der Waals surface area contributed by atoms with Crippen LogP contribution in [0.25, 0.3) is 0 Å². The van der Waals surface area contributed by atoms with E-state index in [4.69, 9.17) is 0 Å². The van der Waals surface area contributed by atoms with Crippen LogP contribution in [-0.4, -0.2) is 47.0 Å². The Kier molecular flexibility index (Phi) is 4.14. The van der Waals surface area contributed by atoms with Crippen molar-refractivity contribution in [1.29, 1.82) is 0 Å². The molecule has 0 bridgehead atoms. The third kappa shape index (κ3) is 3.05.